The van der Waals surface area contributed by atoms with Crippen LogP contribution in [0.5, 0.6) is 0 Å². The second kappa shape index (κ2) is 8.49. The van der Waals surface area contributed by atoms with Gasteiger partial charge in [0.25, 0.3) is 5.91 Å². The monoisotopic (exact) mass is 430 g/mol. The number of methoxy groups -OCH3 is 1. The lowest BCUT2D eigenvalue weighted by Gasteiger charge is -2.22. The molecule has 0 aromatic heterocycles. The molecule has 1 heterocycles. The minimum atomic E-state index is -3.71. The van der Waals surface area contributed by atoms with Gasteiger partial charge in [-0.2, -0.15) is 0 Å². The predicted octanol–water partition coefficient (Wildman–Crippen LogP) is 3.42. The molecule has 6 nitrogen and oxygen atoms in total. The fourth-order valence-electron chi connectivity index (χ4n) is 3.58. The Labute approximate surface area is 179 Å². The Morgan fingerprint density at radius 2 is 1.90 bits per heavy atom. The zero-order valence-corrected chi connectivity index (χ0v) is 19.1. The second-order valence-corrected chi connectivity index (χ2v) is 10.4. The molecule has 30 heavy (non-hydrogen) atoms. The van der Waals surface area contributed by atoms with E-state index < -0.39 is 10.0 Å². The molecule has 0 spiro atoms. The Hall–Kier alpha value is -2.22. The molecule has 7 heteroatoms. The smallest absolute Gasteiger partial charge is 0.258 e. The Kier molecular flexibility index (Phi) is 6.36. The molecule has 0 saturated carbocycles. The van der Waals surface area contributed by atoms with Crippen LogP contribution in [0.15, 0.2) is 41.3 Å². The standard InChI is InChI=1S/C23H30N2O4S/c1-16-6-8-19(30(27,28)24-11-13-29-5)15-20(16)22(26)25-12-10-17-14-18(23(2,3)4)7-9-21(17)25/h6-9,14-15,24H,10-13H2,1-5H3. The van der Waals surface area contributed by atoms with E-state index in [1.165, 1.54) is 24.8 Å². The average Bonchev–Trinajstić information content (AvgIpc) is 3.10. The van der Waals surface area contributed by atoms with Crippen molar-refractivity contribution in [1.82, 2.24) is 4.72 Å². The van der Waals surface area contributed by atoms with E-state index in [4.69, 9.17) is 4.74 Å². The highest BCUT2D eigenvalue weighted by Crippen LogP contribution is 2.34. The molecule has 0 aliphatic carbocycles. The van der Waals surface area contributed by atoms with E-state index in [-0.39, 0.29) is 29.4 Å². The van der Waals surface area contributed by atoms with Gasteiger partial charge in [0.05, 0.1) is 11.5 Å². The van der Waals surface area contributed by atoms with Crippen molar-refractivity contribution in [3.8, 4) is 0 Å². The summed E-state index contributed by atoms with van der Waals surface area (Å²) in [4.78, 5) is 15.2. The molecule has 2 aromatic carbocycles. The first-order valence-electron chi connectivity index (χ1n) is 10.1. The Balaban J connectivity index is 1.90. The number of rotatable bonds is 6. The largest absolute Gasteiger partial charge is 0.383 e. The zero-order valence-electron chi connectivity index (χ0n) is 18.3. The minimum Gasteiger partial charge on any atom is -0.383 e. The number of fused-ring (bicyclic) bond motifs is 1. The van der Waals surface area contributed by atoms with Crippen LogP contribution in [0.1, 0.15) is 47.8 Å². The van der Waals surface area contributed by atoms with Gasteiger partial charge < -0.3 is 9.64 Å². The average molecular weight is 431 g/mol. The zero-order chi connectivity index (χ0) is 22.1. The number of hydrogen-bond donors (Lipinski definition) is 1. The number of sulfonamides is 1. The molecule has 0 radical (unpaired) electrons. The number of anilines is 1. The highest BCUT2D eigenvalue weighted by Gasteiger charge is 2.29. The van der Waals surface area contributed by atoms with Gasteiger partial charge in [0.15, 0.2) is 0 Å². The minimum absolute atomic E-state index is 0.0432. The third kappa shape index (κ3) is 4.58. The number of benzene rings is 2. The number of carbonyl (C=O) groups is 1. The summed E-state index contributed by atoms with van der Waals surface area (Å²) in [5, 5.41) is 0. The van der Waals surface area contributed by atoms with Gasteiger partial charge in [0.2, 0.25) is 10.0 Å². The number of ether oxygens (including phenoxy) is 1. The summed E-state index contributed by atoms with van der Waals surface area (Å²) in [6.45, 7) is 9.36. The first kappa shape index (κ1) is 22.5. The molecule has 1 N–H and O–H groups in total. The third-order valence-corrected chi connectivity index (χ3v) is 6.89. The van der Waals surface area contributed by atoms with Gasteiger partial charge in [0.1, 0.15) is 0 Å². The van der Waals surface area contributed by atoms with Gasteiger partial charge in [-0.25, -0.2) is 13.1 Å². The fourth-order valence-corrected chi connectivity index (χ4v) is 4.62. The van der Waals surface area contributed by atoms with E-state index in [1.54, 1.807) is 11.0 Å². The SMILES string of the molecule is COCCNS(=O)(=O)c1ccc(C)c(C(=O)N2CCc3cc(C(C)(C)C)ccc32)c1. The van der Waals surface area contributed by atoms with Gasteiger partial charge in [-0.15, -0.1) is 0 Å². The van der Waals surface area contributed by atoms with Crippen LogP contribution in [0, 0.1) is 6.92 Å². The van der Waals surface area contributed by atoms with Crippen LogP contribution in [0.25, 0.3) is 0 Å². The highest BCUT2D eigenvalue weighted by atomic mass is 32.2. The molecule has 0 bridgehead atoms. The van der Waals surface area contributed by atoms with Gasteiger partial charge in [0, 0.05) is 31.5 Å². The number of nitrogens with one attached hydrogen (secondary N) is 1. The molecule has 0 fully saturated rings. The van der Waals surface area contributed by atoms with Crippen molar-refractivity contribution in [3.05, 3.63) is 58.7 Å². The van der Waals surface area contributed by atoms with Crippen LogP contribution < -0.4 is 9.62 Å². The van der Waals surface area contributed by atoms with Crippen LogP contribution in [-0.2, 0) is 26.6 Å². The van der Waals surface area contributed by atoms with Gasteiger partial charge in [-0.05, 0) is 53.6 Å². The lowest BCUT2D eigenvalue weighted by molar-refractivity contribution is 0.0988. The molecule has 0 unspecified atom stereocenters. The van der Waals surface area contributed by atoms with Crippen molar-refractivity contribution < 1.29 is 17.9 Å². The summed E-state index contributed by atoms with van der Waals surface area (Å²) >= 11 is 0. The van der Waals surface area contributed by atoms with Crippen molar-refractivity contribution in [3.63, 3.8) is 0 Å². The third-order valence-electron chi connectivity index (χ3n) is 5.43. The van der Waals surface area contributed by atoms with Crippen LogP contribution in [-0.4, -0.2) is 41.1 Å². The summed E-state index contributed by atoms with van der Waals surface area (Å²) in [6, 6.07) is 10.9. The van der Waals surface area contributed by atoms with E-state index in [0.29, 0.717) is 12.1 Å². The molecule has 1 amide bonds. The van der Waals surface area contributed by atoms with Gasteiger partial charge in [-0.3, -0.25) is 4.79 Å². The van der Waals surface area contributed by atoms with Crippen molar-refractivity contribution in [2.24, 2.45) is 0 Å². The molecule has 162 valence electrons. The summed E-state index contributed by atoms with van der Waals surface area (Å²) in [7, 11) is -2.20. The summed E-state index contributed by atoms with van der Waals surface area (Å²) in [5.41, 5.74) is 4.48. The van der Waals surface area contributed by atoms with E-state index >= 15 is 0 Å². The van der Waals surface area contributed by atoms with Crippen molar-refractivity contribution in [2.75, 3.05) is 31.7 Å². The molecule has 1 aliphatic rings. The highest BCUT2D eigenvalue weighted by molar-refractivity contribution is 7.89. The molecule has 1 aliphatic heterocycles. The Morgan fingerprint density at radius 3 is 2.57 bits per heavy atom. The number of carbonyl (C=O) groups excluding carboxylic acids is 1. The molecular weight excluding hydrogens is 400 g/mol. The second-order valence-electron chi connectivity index (χ2n) is 8.67. The first-order chi connectivity index (χ1) is 14.0. The number of amides is 1. The lowest BCUT2D eigenvalue weighted by atomic mass is 9.86. The maximum atomic E-state index is 13.3. The Morgan fingerprint density at radius 1 is 1.17 bits per heavy atom. The quantitative estimate of drug-likeness (QED) is 0.713. The predicted molar refractivity (Wildman–Crippen MR) is 119 cm³/mol. The van der Waals surface area contributed by atoms with E-state index in [1.807, 2.05) is 13.0 Å². The molecule has 3 rings (SSSR count). The number of aryl methyl sites for hydroxylation is 1. The summed E-state index contributed by atoms with van der Waals surface area (Å²) < 4.78 is 32.5. The molecular formula is C23H30N2O4S. The maximum absolute atomic E-state index is 13.3. The van der Waals surface area contributed by atoms with Crippen LogP contribution in [0.4, 0.5) is 5.69 Å². The van der Waals surface area contributed by atoms with E-state index in [9.17, 15) is 13.2 Å². The maximum Gasteiger partial charge on any atom is 0.258 e. The topological polar surface area (TPSA) is 75.7 Å². The van der Waals surface area contributed by atoms with Crippen LogP contribution in [0.3, 0.4) is 0 Å². The first-order valence-corrected chi connectivity index (χ1v) is 11.6. The fraction of sp³-hybridized carbons (Fsp3) is 0.435. The van der Waals surface area contributed by atoms with Crippen molar-refractivity contribution >= 4 is 21.6 Å². The Bertz CT molecular complexity index is 1060. The summed E-state index contributed by atoms with van der Waals surface area (Å²) in [6.07, 6.45) is 0.792. The number of nitrogens with zero attached hydrogens (tertiary/aromatic N) is 1. The summed E-state index contributed by atoms with van der Waals surface area (Å²) in [5.74, 6) is -0.177. The van der Waals surface area contributed by atoms with E-state index in [2.05, 4.69) is 37.6 Å². The van der Waals surface area contributed by atoms with Gasteiger partial charge in [-0.1, -0.05) is 39.0 Å². The lowest BCUT2D eigenvalue weighted by Crippen LogP contribution is -2.30. The molecule has 0 saturated heterocycles. The number of hydrogen-bond acceptors (Lipinski definition) is 4. The molecule has 0 atom stereocenters. The normalized spacial score (nSPS) is 14.1. The van der Waals surface area contributed by atoms with E-state index in [0.717, 1.165) is 23.2 Å². The van der Waals surface area contributed by atoms with Crippen molar-refractivity contribution in [1.29, 1.82) is 0 Å². The molecule has 2 aromatic rings. The van der Waals surface area contributed by atoms with Gasteiger partial charge >= 0.3 is 0 Å². The van der Waals surface area contributed by atoms with Crippen LogP contribution in [0.2, 0.25) is 0 Å². The van der Waals surface area contributed by atoms with Crippen LogP contribution >= 0.6 is 0 Å². The van der Waals surface area contributed by atoms with Crippen molar-refractivity contribution in [2.45, 2.75) is 44.4 Å².